The quantitative estimate of drug-likeness (QED) is 0.728. The summed E-state index contributed by atoms with van der Waals surface area (Å²) in [6, 6.07) is 10.8. The smallest absolute Gasteiger partial charge is 0.259 e. The minimum absolute atomic E-state index is 0.101. The van der Waals surface area contributed by atoms with E-state index in [1.54, 1.807) is 6.92 Å². The van der Waals surface area contributed by atoms with Crippen LogP contribution in [0.3, 0.4) is 0 Å². The maximum absolute atomic E-state index is 13.7. The zero-order valence-electron chi connectivity index (χ0n) is 13.1. The number of carbonyl (C=O) groups is 1. The first-order valence-electron chi connectivity index (χ1n) is 7.31. The van der Waals surface area contributed by atoms with Crippen LogP contribution in [0.1, 0.15) is 16.1 Å². The lowest BCUT2D eigenvalue weighted by Gasteiger charge is -2.09. The van der Waals surface area contributed by atoms with E-state index < -0.39 is 29.0 Å². The molecule has 0 aliphatic carbocycles. The van der Waals surface area contributed by atoms with Gasteiger partial charge in [-0.1, -0.05) is 30.3 Å². The molecule has 0 bridgehead atoms. The Balaban J connectivity index is 1.87. The van der Waals surface area contributed by atoms with Gasteiger partial charge in [0, 0.05) is 11.8 Å². The van der Waals surface area contributed by atoms with Gasteiger partial charge in [0.15, 0.2) is 23.3 Å². The highest BCUT2D eigenvalue weighted by atomic mass is 19.2. The average molecular weight is 343 g/mol. The molecular weight excluding hydrogens is 331 g/mol. The second-order valence-electron chi connectivity index (χ2n) is 5.24. The lowest BCUT2D eigenvalue weighted by molar-refractivity contribution is 0.102. The topological polar surface area (TPSA) is 54.9 Å². The maximum atomic E-state index is 13.7. The highest BCUT2D eigenvalue weighted by Crippen LogP contribution is 2.21. The molecule has 2 aromatic carbocycles. The first kappa shape index (κ1) is 16.6. The summed E-state index contributed by atoms with van der Waals surface area (Å²) in [6.07, 6.45) is 1.30. The number of benzene rings is 2. The van der Waals surface area contributed by atoms with Gasteiger partial charge in [-0.05, 0) is 19.1 Å². The summed E-state index contributed by atoms with van der Waals surface area (Å²) in [5.74, 6) is -4.73. The van der Waals surface area contributed by atoms with Gasteiger partial charge in [-0.2, -0.15) is 0 Å². The molecule has 0 fully saturated rings. The molecule has 0 unspecified atom stereocenters. The molecule has 3 aromatic rings. The summed E-state index contributed by atoms with van der Waals surface area (Å²) in [5.41, 5.74) is 0.790. The van der Waals surface area contributed by atoms with Gasteiger partial charge >= 0.3 is 0 Å². The van der Waals surface area contributed by atoms with Crippen molar-refractivity contribution in [3.63, 3.8) is 0 Å². The molecule has 0 radical (unpaired) electrons. The SMILES string of the molecule is Cc1nc(-c2ccccc2)ncc1C(=O)Nc1ccc(F)c(F)c1F. The van der Waals surface area contributed by atoms with Crippen molar-refractivity contribution in [2.24, 2.45) is 0 Å². The lowest BCUT2D eigenvalue weighted by atomic mass is 10.1. The van der Waals surface area contributed by atoms with Crippen molar-refractivity contribution in [2.75, 3.05) is 5.32 Å². The first-order valence-corrected chi connectivity index (χ1v) is 7.31. The molecule has 126 valence electrons. The Morgan fingerprint density at radius 2 is 1.72 bits per heavy atom. The van der Waals surface area contributed by atoms with E-state index in [1.165, 1.54) is 6.20 Å². The second-order valence-corrected chi connectivity index (χ2v) is 5.24. The number of nitrogens with zero attached hydrogens (tertiary/aromatic N) is 2. The first-order chi connectivity index (χ1) is 12.0. The molecule has 7 heteroatoms. The Labute approximate surface area is 141 Å². The number of aryl methyl sites for hydroxylation is 1. The monoisotopic (exact) mass is 343 g/mol. The summed E-state index contributed by atoms with van der Waals surface area (Å²) in [6.45, 7) is 1.60. The summed E-state index contributed by atoms with van der Waals surface area (Å²) in [7, 11) is 0. The third kappa shape index (κ3) is 3.35. The molecular formula is C18H12F3N3O. The van der Waals surface area contributed by atoms with Crippen LogP contribution in [0.15, 0.2) is 48.7 Å². The maximum Gasteiger partial charge on any atom is 0.259 e. The van der Waals surface area contributed by atoms with E-state index in [0.717, 1.165) is 17.7 Å². The fourth-order valence-electron chi connectivity index (χ4n) is 2.23. The Bertz CT molecular complexity index is 946. The van der Waals surface area contributed by atoms with Gasteiger partial charge in [-0.15, -0.1) is 0 Å². The highest BCUT2D eigenvalue weighted by Gasteiger charge is 2.18. The molecule has 0 spiro atoms. The molecule has 0 aliphatic heterocycles. The number of amides is 1. The Morgan fingerprint density at radius 3 is 2.40 bits per heavy atom. The number of anilines is 1. The van der Waals surface area contributed by atoms with Crippen LogP contribution in [0.2, 0.25) is 0 Å². The molecule has 0 saturated carbocycles. The molecule has 1 amide bonds. The minimum Gasteiger partial charge on any atom is -0.319 e. The summed E-state index contributed by atoms with van der Waals surface area (Å²) in [4.78, 5) is 20.6. The number of aromatic nitrogens is 2. The highest BCUT2D eigenvalue weighted by molar-refractivity contribution is 6.04. The van der Waals surface area contributed by atoms with Gasteiger partial charge in [0.25, 0.3) is 5.91 Å². The molecule has 3 rings (SSSR count). The predicted octanol–water partition coefficient (Wildman–Crippen LogP) is 4.12. The molecule has 0 aliphatic rings. The number of hydrogen-bond acceptors (Lipinski definition) is 3. The molecule has 1 heterocycles. The van der Waals surface area contributed by atoms with E-state index in [0.29, 0.717) is 11.5 Å². The fraction of sp³-hybridized carbons (Fsp3) is 0.0556. The van der Waals surface area contributed by atoms with E-state index in [1.807, 2.05) is 30.3 Å². The largest absolute Gasteiger partial charge is 0.319 e. The second kappa shape index (κ2) is 6.72. The fourth-order valence-corrected chi connectivity index (χ4v) is 2.23. The van der Waals surface area contributed by atoms with Gasteiger partial charge in [0.05, 0.1) is 16.9 Å². The van der Waals surface area contributed by atoms with Crippen molar-refractivity contribution in [2.45, 2.75) is 6.92 Å². The van der Waals surface area contributed by atoms with Crippen LogP contribution < -0.4 is 5.32 Å². The van der Waals surface area contributed by atoms with E-state index in [4.69, 9.17) is 0 Å². The summed E-state index contributed by atoms with van der Waals surface area (Å²) >= 11 is 0. The number of hydrogen-bond donors (Lipinski definition) is 1. The van der Waals surface area contributed by atoms with Crippen molar-refractivity contribution in [1.82, 2.24) is 9.97 Å². The van der Waals surface area contributed by atoms with Gasteiger partial charge in [0.1, 0.15) is 0 Å². The Kier molecular flexibility index (Phi) is 4.47. The van der Waals surface area contributed by atoms with Crippen molar-refractivity contribution >= 4 is 11.6 Å². The van der Waals surface area contributed by atoms with Crippen molar-refractivity contribution in [3.05, 3.63) is 77.4 Å². The third-order valence-electron chi connectivity index (χ3n) is 3.54. The van der Waals surface area contributed by atoms with E-state index in [2.05, 4.69) is 15.3 Å². The summed E-state index contributed by atoms with van der Waals surface area (Å²) in [5, 5.41) is 2.19. The third-order valence-corrected chi connectivity index (χ3v) is 3.54. The van der Waals surface area contributed by atoms with Crippen molar-refractivity contribution in [3.8, 4) is 11.4 Å². The van der Waals surface area contributed by atoms with Crippen LogP contribution in [-0.4, -0.2) is 15.9 Å². The number of carbonyl (C=O) groups excluding carboxylic acids is 1. The van der Waals surface area contributed by atoms with Crippen LogP contribution >= 0.6 is 0 Å². The summed E-state index contributed by atoms with van der Waals surface area (Å²) < 4.78 is 39.8. The zero-order chi connectivity index (χ0) is 18.0. The van der Waals surface area contributed by atoms with E-state index in [-0.39, 0.29) is 5.56 Å². The molecule has 0 atom stereocenters. The molecule has 0 saturated heterocycles. The lowest BCUT2D eigenvalue weighted by Crippen LogP contribution is -2.16. The van der Waals surface area contributed by atoms with Crippen LogP contribution in [-0.2, 0) is 0 Å². The number of nitrogens with one attached hydrogen (secondary N) is 1. The molecule has 4 nitrogen and oxygen atoms in total. The molecule has 25 heavy (non-hydrogen) atoms. The van der Waals surface area contributed by atoms with Crippen LogP contribution in [0.4, 0.5) is 18.9 Å². The number of rotatable bonds is 3. The van der Waals surface area contributed by atoms with Gasteiger partial charge in [-0.3, -0.25) is 4.79 Å². The normalized spacial score (nSPS) is 10.6. The van der Waals surface area contributed by atoms with E-state index in [9.17, 15) is 18.0 Å². The van der Waals surface area contributed by atoms with Gasteiger partial charge in [-0.25, -0.2) is 23.1 Å². The van der Waals surface area contributed by atoms with Crippen molar-refractivity contribution in [1.29, 1.82) is 0 Å². The van der Waals surface area contributed by atoms with Crippen LogP contribution in [0.5, 0.6) is 0 Å². The van der Waals surface area contributed by atoms with Gasteiger partial charge in [0.2, 0.25) is 0 Å². The Hall–Kier alpha value is -3.22. The molecule has 1 N–H and O–H groups in total. The predicted molar refractivity (Wildman–Crippen MR) is 86.5 cm³/mol. The Morgan fingerprint density at radius 1 is 1.00 bits per heavy atom. The number of halogens is 3. The van der Waals surface area contributed by atoms with Crippen LogP contribution in [0.25, 0.3) is 11.4 Å². The van der Waals surface area contributed by atoms with Gasteiger partial charge < -0.3 is 5.32 Å². The minimum atomic E-state index is -1.65. The van der Waals surface area contributed by atoms with Crippen molar-refractivity contribution < 1.29 is 18.0 Å². The van der Waals surface area contributed by atoms with E-state index >= 15 is 0 Å². The van der Waals surface area contributed by atoms with Crippen LogP contribution in [0, 0.1) is 24.4 Å². The zero-order valence-corrected chi connectivity index (χ0v) is 13.1. The average Bonchev–Trinajstić information content (AvgIpc) is 2.62. The molecule has 1 aromatic heterocycles. The standard InChI is InChI=1S/C18H12F3N3O/c1-10-12(9-22-17(23-10)11-5-3-2-4-6-11)18(25)24-14-8-7-13(19)15(20)16(14)21/h2-9H,1H3,(H,24,25).